The van der Waals surface area contributed by atoms with E-state index in [-0.39, 0.29) is 22.7 Å². The standard InChI is InChI=1S/C26H27N5O3/c1-13-10-14(2)28-25(27-13)31-23-20(15(3)30-31)21(16-6-8-17(9-7-16)24(33)34)22-18(29-23)11-26(4,5)12-19(22)32/h6-10,21,29H,11-12H2,1-5H3,(H,33,34). The average molecular weight is 458 g/mol. The van der Waals surface area contributed by atoms with Crippen LogP contribution < -0.4 is 5.32 Å². The molecule has 2 aliphatic rings. The van der Waals surface area contributed by atoms with E-state index >= 15 is 0 Å². The van der Waals surface area contributed by atoms with Gasteiger partial charge in [0.1, 0.15) is 5.82 Å². The Hall–Kier alpha value is -3.81. The predicted molar refractivity (Wildman–Crippen MR) is 127 cm³/mol. The lowest BCUT2D eigenvalue weighted by Crippen LogP contribution is -2.34. The van der Waals surface area contributed by atoms with E-state index in [2.05, 4.69) is 29.1 Å². The number of ketones is 1. The lowest BCUT2D eigenvalue weighted by atomic mass is 9.69. The molecule has 8 heteroatoms. The first-order valence-corrected chi connectivity index (χ1v) is 11.3. The van der Waals surface area contributed by atoms with Crippen molar-refractivity contribution in [2.75, 3.05) is 5.32 Å². The van der Waals surface area contributed by atoms with E-state index in [1.165, 1.54) is 0 Å². The maximum Gasteiger partial charge on any atom is 0.335 e. The zero-order valence-electron chi connectivity index (χ0n) is 19.9. The Kier molecular flexibility index (Phi) is 4.93. The number of allylic oxidation sites excluding steroid dienone is 2. The molecule has 0 fully saturated rings. The van der Waals surface area contributed by atoms with Crippen molar-refractivity contribution in [3.63, 3.8) is 0 Å². The normalized spacial score (nSPS) is 18.9. The van der Waals surface area contributed by atoms with Crippen LogP contribution >= 0.6 is 0 Å². The van der Waals surface area contributed by atoms with E-state index in [1.54, 1.807) is 28.9 Å². The molecule has 34 heavy (non-hydrogen) atoms. The highest BCUT2D eigenvalue weighted by molar-refractivity contribution is 6.01. The summed E-state index contributed by atoms with van der Waals surface area (Å²) in [5.74, 6) is -0.00777. The van der Waals surface area contributed by atoms with Crippen LogP contribution in [0.1, 0.15) is 71.2 Å². The summed E-state index contributed by atoms with van der Waals surface area (Å²) in [6.07, 6.45) is 1.18. The monoisotopic (exact) mass is 457 g/mol. The Bertz CT molecular complexity index is 1360. The largest absolute Gasteiger partial charge is 0.478 e. The number of carboxylic acid groups (broad SMARTS) is 1. The molecular weight excluding hydrogens is 430 g/mol. The van der Waals surface area contributed by atoms with Crippen molar-refractivity contribution >= 4 is 17.6 Å². The summed E-state index contributed by atoms with van der Waals surface area (Å²) in [4.78, 5) is 34.1. The molecule has 1 atom stereocenters. The van der Waals surface area contributed by atoms with Gasteiger partial charge >= 0.3 is 5.97 Å². The third kappa shape index (κ3) is 3.59. The van der Waals surface area contributed by atoms with Gasteiger partial charge in [0, 0.05) is 40.6 Å². The number of fused-ring (bicyclic) bond motifs is 1. The van der Waals surface area contributed by atoms with Gasteiger partial charge in [0.15, 0.2) is 5.78 Å². The van der Waals surface area contributed by atoms with Crippen LogP contribution in [0, 0.1) is 26.2 Å². The van der Waals surface area contributed by atoms with Crippen molar-refractivity contribution in [3.05, 3.63) is 75.4 Å². The first-order valence-electron chi connectivity index (χ1n) is 11.3. The molecule has 1 unspecified atom stereocenters. The fourth-order valence-corrected chi connectivity index (χ4v) is 5.17. The molecule has 3 heterocycles. The van der Waals surface area contributed by atoms with Crippen LogP contribution in [0.25, 0.3) is 5.95 Å². The van der Waals surface area contributed by atoms with Gasteiger partial charge in [0.2, 0.25) is 0 Å². The molecule has 0 saturated heterocycles. The van der Waals surface area contributed by atoms with Crippen LogP contribution in [0.15, 0.2) is 41.6 Å². The van der Waals surface area contributed by atoms with Gasteiger partial charge in [0.05, 0.1) is 11.3 Å². The second-order valence-electron chi connectivity index (χ2n) is 10.0. The minimum atomic E-state index is -0.982. The van der Waals surface area contributed by atoms with Crippen molar-refractivity contribution < 1.29 is 14.7 Å². The number of carbonyl (C=O) groups is 2. The van der Waals surface area contributed by atoms with Gasteiger partial charge in [-0.15, -0.1) is 0 Å². The summed E-state index contributed by atoms with van der Waals surface area (Å²) in [6, 6.07) is 8.68. The van der Waals surface area contributed by atoms with Gasteiger partial charge in [-0.25, -0.2) is 14.8 Å². The number of aromatic nitrogens is 4. The summed E-state index contributed by atoms with van der Waals surface area (Å²) in [6.45, 7) is 9.95. The number of aromatic carboxylic acids is 1. The van der Waals surface area contributed by atoms with Crippen LogP contribution in [0.4, 0.5) is 5.82 Å². The first-order chi connectivity index (χ1) is 16.0. The minimum Gasteiger partial charge on any atom is -0.478 e. The predicted octanol–water partition coefficient (Wildman–Crippen LogP) is 4.49. The molecule has 1 aromatic carbocycles. The highest BCUT2D eigenvalue weighted by Gasteiger charge is 2.43. The quantitative estimate of drug-likeness (QED) is 0.596. The molecule has 0 spiro atoms. The molecule has 0 amide bonds. The third-order valence-corrected chi connectivity index (χ3v) is 6.52. The molecule has 2 aromatic heterocycles. The summed E-state index contributed by atoms with van der Waals surface area (Å²) in [5.41, 5.74) is 5.85. The molecule has 0 saturated carbocycles. The van der Waals surface area contributed by atoms with E-state index in [4.69, 9.17) is 5.10 Å². The van der Waals surface area contributed by atoms with Gasteiger partial charge in [-0.3, -0.25) is 4.79 Å². The number of benzene rings is 1. The van der Waals surface area contributed by atoms with Gasteiger partial charge < -0.3 is 10.4 Å². The molecule has 3 aromatic rings. The van der Waals surface area contributed by atoms with Crippen molar-refractivity contribution in [1.29, 1.82) is 0 Å². The number of Topliss-reactive ketones (excluding diaryl/α,β-unsaturated/α-hetero) is 1. The van der Waals surface area contributed by atoms with E-state index in [1.807, 2.05) is 26.8 Å². The molecule has 5 rings (SSSR count). The van der Waals surface area contributed by atoms with E-state index < -0.39 is 5.97 Å². The zero-order chi connectivity index (χ0) is 24.4. The zero-order valence-corrected chi connectivity index (χ0v) is 19.9. The number of hydrogen-bond acceptors (Lipinski definition) is 6. The van der Waals surface area contributed by atoms with Crippen LogP contribution in [-0.4, -0.2) is 36.6 Å². The van der Waals surface area contributed by atoms with Gasteiger partial charge in [0.25, 0.3) is 5.95 Å². The van der Waals surface area contributed by atoms with Crippen molar-refractivity contribution in [2.24, 2.45) is 5.41 Å². The Morgan fingerprint density at radius 3 is 2.35 bits per heavy atom. The van der Waals surface area contributed by atoms with Crippen molar-refractivity contribution in [3.8, 4) is 5.95 Å². The summed E-state index contributed by atoms with van der Waals surface area (Å²) < 4.78 is 1.72. The molecular formula is C26H27N5O3. The van der Waals surface area contributed by atoms with Gasteiger partial charge in [-0.05, 0) is 56.4 Å². The maximum atomic E-state index is 13.4. The number of nitrogens with zero attached hydrogens (tertiary/aromatic N) is 4. The molecule has 1 aliphatic heterocycles. The Labute approximate surface area is 197 Å². The van der Waals surface area contributed by atoms with Crippen molar-refractivity contribution in [2.45, 2.75) is 53.4 Å². The van der Waals surface area contributed by atoms with Crippen LogP contribution in [0.3, 0.4) is 0 Å². The fourth-order valence-electron chi connectivity index (χ4n) is 5.17. The average Bonchev–Trinajstić information content (AvgIpc) is 3.07. The lowest BCUT2D eigenvalue weighted by molar-refractivity contribution is -0.118. The third-order valence-electron chi connectivity index (χ3n) is 6.52. The lowest BCUT2D eigenvalue weighted by Gasteiger charge is -2.38. The van der Waals surface area contributed by atoms with Crippen LogP contribution in [0.2, 0.25) is 0 Å². The van der Waals surface area contributed by atoms with Crippen molar-refractivity contribution in [1.82, 2.24) is 19.7 Å². The van der Waals surface area contributed by atoms with Gasteiger partial charge in [-0.1, -0.05) is 26.0 Å². The summed E-state index contributed by atoms with van der Waals surface area (Å²) in [5, 5.41) is 17.7. The number of carbonyl (C=O) groups excluding carboxylic acids is 1. The van der Waals surface area contributed by atoms with Gasteiger partial charge in [-0.2, -0.15) is 9.78 Å². The topological polar surface area (TPSA) is 110 Å². The fraction of sp³-hybridized carbons (Fsp3) is 0.346. The highest BCUT2D eigenvalue weighted by atomic mass is 16.4. The second-order valence-corrected chi connectivity index (χ2v) is 10.0. The molecule has 1 aliphatic carbocycles. The summed E-state index contributed by atoms with van der Waals surface area (Å²) in [7, 11) is 0. The number of hydrogen-bond donors (Lipinski definition) is 2. The molecule has 0 bridgehead atoms. The number of anilines is 1. The van der Waals surface area contributed by atoms with E-state index in [0.29, 0.717) is 12.4 Å². The van der Waals surface area contributed by atoms with E-state index in [9.17, 15) is 14.7 Å². The Balaban J connectivity index is 1.74. The molecule has 8 nitrogen and oxygen atoms in total. The maximum absolute atomic E-state index is 13.4. The number of nitrogens with one attached hydrogen (secondary N) is 1. The highest BCUT2D eigenvalue weighted by Crippen LogP contribution is 2.50. The number of carboxylic acids is 1. The Morgan fingerprint density at radius 1 is 1.09 bits per heavy atom. The second kappa shape index (κ2) is 7.62. The number of rotatable bonds is 3. The summed E-state index contributed by atoms with van der Waals surface area (Å²) >= 11 is 0. The molecule has 0 radical (unpaired) electrons. The SMILES string of the molecule is Cc1cc(C)nc(-n2nc(C)c3c2NC2=C(C(=O)CC(C)(C)C2)C3c2ccc(C(=O)O)cc2)n1. The van der Waals surface area contributed by atoms with E-state index in [0.717, 1.165) is 51.7 Å². The first kappa shape index (κ1) is 22.0. The van der Waals surface area contributed by atoms with Crippen LogP contribution in [-0.2, 0) is 4.79 Å². The molecule has 2 N–H and O–H groups in total. The minimum absolute atomic E-state index is 0.103. The Morgan fingerprint density at radius 2 is 1.74 bits per heavy atom. The smallest absolute Gasteiger partial charge is 0.335 e. The molecule has 174 valence electrons. The number of aryl methyl sites for hydroxylation is 3. The van der Waals surface area contributed by atoms with Crippen LogP contribution in [0.5, 0.6) is 0 Å².